The highest BCUT2D eigenvalue weighted by molar-refractivity contribution is 6.00. The molecule has 4 N–H and O–H groups in total. The minimum Gasteiger partial charge on any atom is -0.496 e. The van der Waals surface area contributed by atoms with Crippen LogP contribution in [-0.4, -0.2) is 92.1 Å². The van der Waals surface area contributed by atoms with E-state index in [0.717, 1.165) is 115 Å². The lowest BCUT2D eigenvalue weighted by Gasteiger charge is -2.41. The highest BCUT2D eigenvalue weighted by atomic mass is 16.5. The van der Waals surface area contributed by atoms with E-state index in [9.17, 15) is 5.11 Å². The first-order valence-electron chi connectivity index (χ1n) is 15.4. The number of hydrogen-bond acceptors (Lipinski definition) is 8. The third-order valence-corrected chi connectivity index (χ3v) is 9.39. The minimum atomic E-state index is 0.239. The van der Waals surface area contributed by atoms with E-state index in [4.69, 9.17) is 15.6 Å². The number of para-hydroxylation sites is 1. The zero-order valence-corrected chi connectivity index (χ0v) is 24.7. The van der Waals surface area contributed by atoms with Gasteiger partial charge < -0.3 is 20.6 Å². The Balaban J connectivity index is 1.13. The van der Waals surface area contributed by atoms with E-state index in [1.165, 1.54) is 0 Å². The van der Waals surface area contributed by atoms with Crippen LogP contribution in [0, 0.1) is 0 Å². The number of aliphatic hydroxyl groups excluding tert-OH is 1. The van der Waals surface area contributed by atoms with Crippen LogP contribution in [0.2, 0.25) is 0 Å². The van der Waals surface area contributed by atoms with Crippen molar-refractivity contribution in [3.63, 3.8) is 0 Å². The van der Waals surface area contributed by atoms with Gasteiger partial charge >= 0.3 is 0 Å². The first-order chi connectivity index (χ1) is 21.1. The number of H-pyrrole nitrogens is 1. The Kier molecular flexibility index (Phi) is 7.73. The van der Waals surface area contributed by atoms with Crippen molar-refractivity contribution in [2.75, 3.05) is 52.2 Å². The second kappa shape index (κ2) is 11.9. The van der Waals surface area contributed by atoms with Gasteiger partial charge in [-0.05, 0) is 54.8 Å². The van der Waals surface area contributed by atoms with Crippen LogP contribution in [-0.2, 0) is 6.42 Å². The number of aromatic nitrogens is 5. The van der Waals surface area contributed by atoms with E-state index in [0.29, 0.717) is 11.9 Å². The summed E-state index contributed by atoms with van der Waals surface area (Å²) in [6.45, 7) is 5.25. The number of methoxy groups -OCH3 is 1. The van der Waals surface area contributed by atoms with Crippen molar-refractivity contribution in [1.29, 1.82) is 0 Å². The largest absolute Gasteiger partial charge is 0.496 e. The Morgan fingerprint density at radius 1 is 0.977 bits per heavy atom. The number of aromatic amines is 1. The van der Waals surface area contributed by atoms with Gasteiger partial charge in [-0.15, -0.1) is 0 Å². The molecular weight excluding hydrogens is 540 g/mol. The van der Waals surface area contributed by atoms with Crippen molar-refractivity contribution in [2.45, 2.75) is 44.2 Å². The number of nitrogens with two attached hydrogens (primary N) is 1. The van der Waals surface area contributed by atoms with Crippen molar-refractivity contribution < 1.29 is 9.84 Å². The van der Waals surface area contributed by atoms with E-state index >= 15 is 0 Å². The molecule has 7 rings (SSSR count). The van der Waals surface area contributed by atoms with Crippen LogP contribution in [0.3, 0.4) is 0 Å². The molecule has 1 saturated heterocycles. The molecule has 2 fully saturated rings. The summed E-state index contributed by atoms with van der Waals surface area (Å²) < 4.78 is 7.68. The first kappa shape index (κ1) is 27.8. The molecule has 4 heterocycles. The third kappa shape index (κ3) is 5.46. The Morgan fingerprint density at radius 2 is 1.77 bits per heavy atom. The maximum Gasteiger partial charge on any atom is 0.164 e. The number of rotatable bonds is 8. The monoisotopic (exact) mass is 580 g/mol. The molecule has 3 aromatic heterocycles. The molecule has 10 nitrogen and oxygen atoms in total. The zero-order chi connectivity index (χ0) is 29.3. The topological polar surface area (TPSA) is 121 Å². The summed E-state index contributed by atoms with van der Waals surface area (Å²) in [5.41, 5.74) is 12.4. The van der Waals surface area contributed by atoms with E-state index in [2.05, 4.69) is 59.8 Å². The summed E-state index contributed by atoms with van der Waals surface area (Å²) >= 11 is 0. The molecule has 2 aliphatic rings. The molecule has 10 heteroatoms. The summed E-state index contributed by atoms with van der Waals surface area (Å²) in [5.74, 6) is 1.35. The Bertz CT molecular complexity index is 1710. The molecular formula is C33H40N8O2. The van der Waals surface area contributed by atoms with Crippen molar-refractivity contribution in [3.8, 4) is 17.0 Å². The fourth-order valence-corrected chi connectivity index (χ4v) is 7.10. The predicted molar refractivity (Wildman–Crippen MR) is 169 cm³/mol. The summed E-state index contributed by atoms with van der Waals surface area (Å²) in [6, 6.07) is 17.6. The molecule has 2 aromatic carbocycles. The van der Waals surface area contributed by atoms with Gasteiger partial charge in [0.1, 0.15) is 23.6 Å². The van der Waals surface area contributed by atoms with Crippen molar-refractivity contribution in [1.82, 2.24) is 34.5 Å². The van der Waals surface area contributed by atoms with E-state index in [1.807, 2.05) is 18.2 Å². The van der Waals surface area contributed by atoms with Crippen molar-refractivity contribution in [2.24, 2.45) is 0 Å². The van der Waals surface area contributed by atoms with E-state index in [-0.39, 0.29) is 12.6 Å². The first-order valence-corrected chi connectivity index (χ1v) is 15.4. The fourth-order valence-electron chi connectivity index (χ4n) is 7.10. The van der Waals surface area contributed by atoms with Crippen molar-refractivity contribution in [3.05, 3.63) is 66.1 Å². The highest BCUT2D eigenvalue weighted by Gasteiger charge is 2.31. The maximum absolute atomic E-state index is 9.27. The third-order valence-electron chi connectivity index (χ3n) is 9.39. The van der Waals surface area contributed by atoms with Crippen LogP contribution in [0.5, 0.6) is 5.75 Å². The second-order valence-electron chi connectivity index (χ2n) is 11.9. The van der Waals surface area contributed by atoms with Gasteiger partial charge in [-0.25, -0.2) is 14.6 Å². The number of fused-ring (bicyclic) bond motifs is 2. The van der Waals surface area contributed by atoms with Crippen LogP contribution in [0.1, 0.15) is 43.0 Å². The van der Waals surface area contributed by atoms with Crippen LogP contribution in [0.4, 0.5) is 5.82 Å². The van der Waals surface area contributed by atoms with E-state index in [1.54, 1.807) is 13.4 Å². The molecule has 0 atom stereocenters. The van der Waals surface area contributed by atoms with Crippen LogP contribution >= 0.6 is 0 Å². The van der Waals surface area contributed by atoms with Gasteiger partial charge in [-0.2, -0.15) is 5.10 Å². The number of nitrogens with zero attached hydrogens (tertiary/aromatic N) is 6. The van der Waals surface area contributed by atoms with Gasteiger partial charge in [-0.1, -0.05) is 30.3 Å². The van der Waals surface area contributed by atoms with E-state index < -0.39 is 0 Å². The number of hydrogen-bond donors (Lipinski definition) is 3. The molecule has 1 aliphatic carbocycles. The van der Waals surface area contributed by atoms with Crippen molar-refractivity contribution >= 4 is 27.8 Å². The smallest absolute Gasteiger partial charge is 0.164 e. The number of anilines is 1. The minimum absolute atomic E-state index is 0.239. The van der Waals surface area contributed by atoms with Gasteiger partial charge in [-0.3, -0.25) is 9.80 Å². The lowest BCUT2D eigenvalue weighted by Crippen LogP contribution is -2.51. The SMILES string of the molecule is COc1ccccc1Cc1cc2ccc(-c3nn([C@H]4CC[C@H](N5CCN(CCO)CC5)CC4)c4ncnc(N)c34)cc2[nH]1. The highest BCUT2D eigenvalue weighted by Crippen LogP contribution is 2.38. The molecule has 0 bridgehead atoms. The van der Waals surface area contributed by atoms with Crippen LogP contribution in [0.15, 0.2) is 54.9 Å². The molecule has 0 spiro atoms. The predicted octanol–water partition coefficient (Wildman–Crippen LogP) is 4.25. The normalized spacial score (nSPS) is 20.2. The molecule has 1 saturated carbocycles. The number of benzene rings is 2. The molecule has 1 aliphatic heterocycles. The number of nitrogen functional groups attached to an aromatic ring is 1. The number of aliphatic hydroxyl groups is 1. The van der Waals surface area contributed by atoms with Gasteiger partial charge in [0, 0.05) is 62.0 Å². The van der Waals surface area contributed by atoms with Crippen LogP contribution < -0.4 is 10.5 Å². The average molecular weight is 581 g/mol. The number of nitrogens with one attached hydrogen (secondary N) is 1. The molecule has 43 heavy (non-hydrogen) atoms. The molecule has 0 radical (unpaired) electrons. The maximum atomic E-state index is 9.27. The lowest BCUT2D eigenvalue weighted by molar-refractivity contribution is 0.0629. The Hall–Kier alpha value is -3.99. The number of piperazine rings is 1. The molecule has 224 valence electrons. The standard InChI is InChI=1S/C33H40N8O2/c1-43-29-5-3-2-4-23(29)19-25-18-22-6-7-24(20-28(22)37-25)31-30-32(34)35-21-36-33(30)41(38-31)27-10-8-26(9-11-27)40-14-12-39(13-15-40)16-17-42/h2-7,18,20-21,26-27,37,42H,8-17,19H2,1H3,(H2,34,35,36)/t26-,27-. The zero-order valence-electron chi connectivity index (χ0n) is 24.7. The molecule has 0 unspecified atom stereocenters. The average Bonchev–Trinajstić information content (AvgIpc) is 3.63. The Labute approximate surface area is 251 Å². The quantitative estimate of drug-likeness (QED) is 0.249. The van der Waals surface area contributed by atoms with Gasteiger partial charge in [0.15, 0.2) is 5.65 Å². The van der Waals surface area contributed by atoms with Gasteiger partial charge in [0.25, 0.3) is 0 Å². The summed E-state index contributed by atoms with van der Waals surface area (Å²) in [7, 11) is 1.71. The summed E-state index contributed by atoms with van der Waals surface area (Å²) in [4.78, 5) is 17.6. The Morgan fingerprint density at radius 3 is 2.56 bits per heavy atom. The number of ether oxygens (including phenoxy) is 1. The fraction of sp³-hybridized carbons (Fsp3) is 0.424. The van der Waals surface area contributed by atoms with Gasteiger partial charge in [0.05, 0.1) is 25.1 Å². The second-order valence-corrected chi connectivity index (χ2v) is 11.9. The van der Waals surface area contributed by atoms with Crippen LogP contribution in [0.25, 0.3) is 33.2 Å². The number of β-amino-alcohol motifs (C(OH)–C–C–N with tert-alkyl or cyclic N) is 1. The molecule has 0 amide bonds. The van der Waals surface area contributed by atoms with Gasteiger partial charge in [0.2, 0.25) is 0 Å². The molecule has 5 aromatic rings. The summed E-state index contributed by atoms with van der Waals surface area (Å²) in [6.07, 6.45) is 6.71. The lowest BCUT2D eigenvalue weighted by atomic mass is 9.90. The summed E-state index contributed by atoms with van der Waals surface area (Å²) in [5, 5.41) is 16.4.